The molecule has 0 bridgehead atoms. The molecule has 1 aromatic carbocycles. The molecule has 0 aliphatic rings. The van der Waals surface area contributed by atoms with Gasteiger partial charge in [0.05, 0.1) is 0 Å². The van der Waals surface area contributed by atoms with Gasteiger partial charge in [0.2, 0.25) is 10.3 Å². The summed E-state index contributed by atoms with van der Waals surface area (Å²) >= 11 is 5.75. The first kappa shape index (κ1) is 20.6. The van der Waals surface area contributed by atoms with E-state index in [2.05, 4.69) is 31.0 Å². The Kier molecular flexibility index (Phi) is 5.81. The number of rotatable bonds is 6. The van der Waals surface area contributed by atoms with E-state index in [9.17, 15) is 9.59 Å². The number of carbonyl (C=O) groups excluding carboxylic acids is 2. The lowest BCUT2D eigenvalue weighted by Gasteiger charge is -2.04. The van der Waals surface area contributed by atoms with Gasteiger partial charge in [-0.15, -0.1) is 20.4 Å². The topological polar surface area (TPSA) is 110 Å². The first-order valence-corrected chi connectivity index (χ1v) is 12.6. The summed E-state index contributed by atoms with van der Waals surface area (Å²) in [6.45, 7) is 0. The van der Waals surface area contributed by atoms with E-state index in [1.54, 1.807) is 46.9 Å². The zero-order valence-corrected chi connectivity index (χ0v) is 19.3. The largest absolute Gasteiger partial charge is 0.296 e. The average Bonchev–Trinajstić information content (AvgIpc) is 3.61. The van der Waals surface area contributed by atoms with Crippen molar-refractivity contribution < 1.29 is 9.59 Å². The lowest BCUT2D eigenvalue weighted by Crippen LogP contribution is -2.14. The fraction of sp³-hybridized carbons (Fsp3) is 0. The molecular formula is C20H12N6O2S4. The van der Waals surface area contributed by atoms with Gasteiger partial charge >= 0.3 is 0 Å². The molecule has 0 atom stereocenters. The molecule has 2 amide bonds. The lowest BCUT2D eigenvalue weighted by atomic mass is 10.1. The van der Waals surface area contributed by atoms with E-state index in [0.717, 1.165) is 21.1 Å². The third-order valence-corrected chi connectivity index (χ3v) is 7.38. The van der Waals surface area contributed by atoms with Gasteiger partial charge < -0.3 is 0 Å². The third kappa shape index (κ3) is 4.48. The maximum absolute atomic E-state index is 12.5. The van der Waals surface area contributed by atoms with Crippen molar-refractivity contribution in [3.63, 3.8) is 0 Å². The summed E-state index contributed by atoms with van der Waals surface area (Å²) in [4.78, 5) is 25.0. The molecule has 32 heavy (non-hydrogen) atoms. The molecule has 0 aliphatic heterocycles. The molecule has 0 saturated carbocycles. The monoisotopic (exact) mass is 496 g/mol. The van der Waals surface area contributed by atoms with Crippen molar-refractivity contribution in [2.75, 3.05) is 10.6 Å². The molecule has 4 aromatic heterocycles. The summed E-state index contributed by atoms with van der Waals surface area (Å²) in [5.41, 5.74) is 2.76. The predicted molar refractivity (Wildman–Crippen MR) is 129 cm³/mol. The average molecular weight is 497 g/mol. The Morgan fingerprint density at radius 1 is 0.625 bits per heavy atom. The molecule has 0 spiro atoms. The molecule has 5 aromatic rings. The van der Waals surface area contributed by atoms with Crippen LogP contribution >= 0.6 is 45.3 Å². The van der Waals surface area contributed by atoms with Gasteiger partial charge in [0.1, 0.15) is 10.0 Å². The van der Waals surface area contributed by atoms with Crippen LogP contribution in [0.15, 0.2) is 57.9 Å². The minimum Gasteiger partial charge on any atom is -0.296 e. The molecular weight excluding hydrogens is 485 g/mol. The quantitative estimate of drug-likeness (QED) is 0.328. The predicted octanol–water partition coefficient (Wildman–Crippen LogP) is 5.35. The molecule has 5 rings (SSSR count). The van der Waals surface area contributed by atoms with E-state index in [1.807, 2.05) is 33.7 Å². The van der Waals surface area contributed by atoms with Crippen molar-refractivity contribution in [1.82, 2.24) is 20.4 Å². The highest BCUT2D eigenvalue weighted by atomic mass is 32.1. The molecule has 2 N–H and O–H groups in total. The van der Waals surface area contributed by atoms with E-state index in [-0.39, 0.29) is 11.8 Å². The Labute approximate surface area is 197 Å². The fourth-order valence-corrected chi connectivity index (χ4v) is 5.56. The second-order valence-electron chi connectivity index (χ2n) is 6.33. The van der Waals surface area contributed by atoms with Crippen LogP contribution in [-0.2, 0) is 0 Å². The summed E-state index contributed by atoms with van der Waals surface area (Å²) < 4.78 is 0. The number of aromatic nitrogens is 4. The second-order valence-corrected chi connectivity index (χ2v) is 9.85. The maximum Gasteiger partial charge on any atom is 0.257 e. The number of anilines is 2. The lowest BCUT2D eigenvalue weighted by molar-refractivity contribution is 0.101. The Morgan fingerprint density at radius 3 is 1.44 bits per heavy atom. The summed E-state index contributed by atoms with van der Waals surface area (Å²) in [5.74, 6) is -0.649. The molecule has 12 heteroatoms. The Bertz CT molecular complexity index is 1250. The molecule has 8 nitrogen and oxygen atoms in total. The van der Waals surface area contributed by atoms with Crippen molar-refractivity contribution in [1.29, 1.82) is 0 Å². The van der Waals surface area contributed by atoms with Gasteiger partial charge in [0.25, 0.3) is 11.8 Å². The number of nitrogens with zero attached hydrogens (tertiary/aromatic N) is 4. The van der Waals surface area contributed by atoms with Crippen LogP contribution < -0.4 is 10.6 Å². The number of benzene rings is 1. The molecule has 0 radical (unpaired) electrons. The molecule has 0 unspecified atom stereocenters. The summed E-state index contributed by atoms with van der Waals surface area (Å²) in [5, 5.41) is 31.9. The molecule has 4 heterocycles. The van der Waals surface area contributed by atoms with Crippen molar-refractivity contribution in [2.45, 2.75) is 0 Å². The van der Waals surface area contributed by atoms with E-state index >= 15 is 0 Å². The van der Waals surface area contributed by atoms with Gasteiger partial charge in [-0.3, -0.25) is 20.2 Å². The Morgan fingerprint density at radius 2 is 1.06 bits per heavy atom. The Hall–Kier alpha value is -3.32. The van der Waals surface area contributed by atoms with Crippen LogP contribution in [0.4, 0.5) is 10.3 Å². The summed E-state index contributed by atoms with van der Waals surface area (Å²) in [7, 11) is 0. The van der Waals surface area contributed by atoms with E-state index in [4.69, 9.17) is 0 Å². The molecule has 0 fully saturated rings. The van der Waals surface area contributed by atoms with Crippen LogP contribution in [0, 0.1) is 0 Å². The van der Waals surface area contributed by atoms with Crippen LogP contribution in [-0.4, -0.2) is 32.2 Å². The van der Waals surface area contributed by atoms with Crippen molar-refractivity contribution in [3.05, 3.63) is 69.0 Å². The minimum absolute atomic E-state index is 0.325. The number of thiophene rings is 2. The van der Waals surface area contributed by atoms with Gasteiger partial charge in [-0.05, 0) is 47.2 Å². The smallest absolute Gasteiger partial charge is 0.257 e. The summed E-state index contributed by atoms with van der Waals surface area (Å²) in [6, 6.07) is 10.2. The van der Waals surface area contributed by atoms with Crippen molar-refractivity contribution in [2.24, 2.45) is 0 Å². The number of carbonyl (C=O) groups is 2. The van der Waals surface area contributed by atoms with Crippen LogP contribution in [0.25, 0.3) is 21.1 Å². The van der Waals surface area contributed by atoms with Gasteiger partial charge in [0.15, 0.2) is 0 Å². The number of hydrogen-bond acceptors (Lipinski definition) is 10. The number of nitrogens with one attached hydrogen (secondary N) is 2. The highest BCUT2D eigenvalue weighted by Gasteiger charge is 2.14. The van der Waals surface area contributed by atoms with Crippen LogP contribution in [0.1, 0.15) is 20.7 Å². The molecule has 0 aliphatic carbocycles. The molecule has 158 valence electrons. The van der Waals surface area contributed by atoms with Gasteiger partial charge in [-0.2, -0.15) is 22.7 Å². The SMILES string of the molecule is O=C(Nc1nnc(-c2ccsc2)s1)c1ccc(C(=O)Nc2nnc(-c3ccsc3)s2)cc1. The standard InChI is InChI=1S/C20H12N6O2S4/c27-15(21-19-25-23-17(31-19)13-5-7-29-9-13)11-1-2-12(4-3-11)16(28)22-20-26-24-18(32-20)14-6-8-30-10-14/h1-10H,(H,21,25,27)(H,22,26,28). The highest BCUT2D eigenvalue weighted by molar-refractivity contribution is 7.19. The number of hydrogen-bond donors (Lipinski definition) is 2. The van der Waals surface area contributed by atoms with Crippen molar-refractivity contribution >= 4 is 67.4 Å². The van der Waals surface area contributed by atoms with Gasteiger partial charge in [0, 0.05) is 33.0 Å². The first-order valence-electron chi connectivity index (χ1n) is 9.10. The zero-order valence-electron chi connectivity index (χ0n) is 16.0. The second kappa shape index (κ2) is 9.04. The van der Waals surface area contributed by atoms with Crippen LogP contribution in [0.5, 0.6) is 0 Å². The van der Waals surface area contributed by atoms with Gasteiger partial charge in [-0.1, -0.05) is 22.7 Å². The van der Waals surface area contributed by atoms with Crippen LogP contribution in [0.3, 0.4) is 0 Å². The normalized spacial score (nSPS) is 10.8. The number of amides is 2. The van der Waals surface area contributed by atoms with Gasteiger partial charge in [-0.25, -0.2) is 0 Å². The van der Waals surface area contributed by atoms with E-state index < -0.39 is 0 Å². The third-order valence-electron chi connectivity index (χ3n) is 4.24. The Balaban J connectivity index is 1.22. The maximum atomic E-state index is 12.5. The minimum atomic E-state index is -0.325. The highest BCUT2D eigenvalue weighted by Crippen LogP contribution is 2.29. The van der Waals surface area contributed by atoms with E-state index in [1.165, 1.54) is 22.7 Å². The zero-order chi connectivity index (χ0) is 21.9. The molecule has 0 saturated heterocycles. The van der Waals surface area contributed by atoms with Crippen molar-refractivity contribution in [3.8, 4) is 21.1 Å². The fourth-order valence-electron chi connectivity index (χ4n) is 2.66. The first-order chi connectivity index (χ1) is 15.7. The summed E-state index contributed by atoms with van der Waals surface area (Å²) in [6.07, 6.45) is 0. The van der Waals surface area contributed by atoms with E-state index in [0.29, 0.717) is 21.4 Å². The van der Waals surface area contributed by atoms with Crippen LogP contribution in [0.2, 0.25) is 0 Å².